The van der Waals surface area contributed by atoms with Crippen LogP contribution in [0.15, 0.2) is 53.8 Å². The molecule has 0 saturated carbocycles. The second kappa shape index (κ2) is 7.35. The lowest BCUT2D eigenvalue weighted by molar-refractivity contribution is -0.115. The number of hydrogen-bond donors (Lipinski definition) is 1. The predicted molar refractivity (Wildman–Crippen MR) is 94.5 cm³/mol. The summed E-state index contributed by atoms with van der Waals surface area (Å²) in [6.07, 6.45) is 1.88. The number of amides is 1. The van der Waals surface area contributed by atoms with Crippen LogP contribution in [0.3, 0.4) is 0 Å². The molecule has 2 aromatic heterocycles. The Balaban J connectivity index is 1.64. The summed E-state index contributed by atoms with van der Waals surface area (Å²) in [7, 11) is 0. The van der Waals surface area contributed by atoms with E-state index in [1.54, 1.807) is 0 Å². The van der Waals surface area contributed by atoms with Crippen molar-refractivity contribution in [2.75, 3.05) is 11.9 Å². The molecule has 0 aliphatic heterocycles. The molecule has 7 heteroatoms. The molecule has 1 aromatic carbocycles. The van der Waals surface area contributed by atoms with Crippen LogP contribution in [0.2, 0.25) is 0 Å². The third-order valence-electron chi connectivity index (χ3n) is 3.37. The number of nitrogens with one attached hydrogen (secondary N) is 1. The third-order valence-corrected chi connectivity index (χ3v) is 4.42. The molecular formula is C17H18N4O2S. The molecule has 0 aliphatic rings. The van der Waals surface area contributed by atoms with Gasteiger partial charge in [0.15, 0.2) is 10.8 Å². The van der Waals surface area contributed by atoms with Crippen LogP contribution in [0.1, 0.15) is 13.8 Å². The zero-order valence-electron chi connectivity index (χ0n) is 13.5. The van der Waals surface area contributed by atoms with E-state index in [1.165, 1.54) is 11.8 Å². The Labute approximate surface area is 144 Å². The number of hydrogen-bond acceptors (Lipinski definition) is 5. The molecular weight excluding hydrogens is 324 g/mol. The van der Waals surface area contributed by atoms with Crippen molar-refractivity contribution in [3.05, 3.63) is 48.7 Å². The fraction of sp³-hybridized carbons (Fsp3) is 0.235. The maximum atomic E-state index is 12.4. The van der Waals surface area contributed by atoms with Gasteiger partial charge >= 0.3 is 0 Å². The van der Waals surface area contributed by atoms with Gasteiger partial charge in [-0.05, 0) is 50.2 Å². The van der Waals surface area contributed by atoms with Gasteiger partial charge in [-0.1, -0.05) is 17.8 Å². The van der Waals surface area contributed by atoms with Gasteiger partial charge < -0.3 is 10.1 Å². The number of rotatable bonds is 6. The van der Waals surface area contributed by atoms with Crippen molar-refractivity contribution in [1.29, 1.82) is 0 Å². The molecule has 6 nitrogen and oxygen atoms in total. The van der Waals surface area contributed by atoms with E-state index < -0.39 is 0 Å². The molecule has 3 rings (SSSR count). The first-order valence-electron chi connectivity index (χ1n) is 7.67. The topological polar surface area (TPSA) is 68.5 Å². The minimum absolute atomic E-state index is 0.0863. The highest BCUT2D eigenvalue weighted by molar-refractivity contribution is 8.00. The first-order chi connectivity index (χ1) is 11.7. The normalized spacial score (nSPS) is 12.1. The highest BCUT2D eigenvalue weighted by Crippen LogP contribution is 2.23. The molecule has 24 heavy (non-hydrogen) atoms. The largest absolute Gasteiger partial charge is 0.494 e. The molecule has 1 atom stereocenters. The van der Waals surface area contributed by atoms with Gasteiger partial charge in [-0.15, -0.1) is 10.2 Å². The second-order valence-electron chi connectivity index (χ2n) is 5.12. The average Bonchev–Trinajstić information content (AvgIpc) is 3.00. The Kier molecular flexibility index (Phi) is 5.00. The molecule has 0 unspecified atom stereocenters. The van der Waals surface area contributed by atoms with Crippen molar-refractivity contribution < 1.29 is 9.53 Å². The quantitative estimate of drug-likeness (QED) is 0.697. The van der Waals surface area contributed by atoms with Crippen LogP contribution in [0.5, 0.6) is 5.75 Å². The van der Waals surface area contributed by atoms with E-state index in [0.29, 0.717) is 11.8 Å². The zero-order valence-corrected chi connectivity index (χ0v) is 14.3. The second-order valence-corrected chi connectivity index (χ2v) is 6.43. The maximum absolute atomic E-state index is 12.4. The van der Waals surface area contributed by atoms with Gasteiger partial charge in [0.1, 0.15) is 5.75 Å². The molecule has 0 aliphatic carbocycles. The molecule has 0 saturated heterocycles. The number of carbonyl (C=O) groups is 1. The summed E-state index contributed by atoms with van der Waals surface area (Å²) in [5.74, 6) is 0.699. The summed E-state index contributed by atoms with van der Waals surface area (Å²) in [5, 5.41) is 11.5. The lowest BCUT2D eigenvalue weighted by Crippen LogP contribution is -2.22. The predicted octanol–water partition coefficient (Wildman–Crippen LogP) is 3.25. The van der Waals surface area contributed by atoms with Crippen molar-refractivity contribution in [3.8, 4) is 5.75 Å². The minimum Gasteiger partial charge on any atom is -0.494 e. The van der Waals surface area contributed by atoms with Gasteiger partial charge in [0.25, 0.3) is 0 Å². The van der Waals surface area contributed by atoms with Crippen LogP contribution in [0.25, 0.3) is 5.65 Å². The number of aromatic nitrogens is 3. The van der Waals surface area contributed by atoms with Crippen LogP contribution < -0.4 is 10.1 Å². The van der Waals surface area contributed by atoms with E-state index in [2.05, 4.69) is 15.5 Å². The molecule has 0 spiro atoms. The molecule has 124 valence electrons. The molecule has 3 aromatic rings. The first kappa shape index (κ1) is 16.3. The number of fused-ring (bicyclic) bond motifs is 1. The number of nitrogens with zero attached hydrogens (tertiary/aromatic N) is 3. The highest BCUT2D eigenvalue weighted by Gasteiger charge is 2.18. The SMILES string of the molecule is CCOc1ccc(NC(=O)[C@@H](C)Sc2nnc3ccccn23)cc1. The van der Waals surface area contributed by atoms with Gasteiger partial charge in [0, 0.05) is 11.9 Å². The number of anilines is 1. The van der Waals surface area contributed by atoms with Gasteiger partial charge in [-0.25, -0.2) is 0 Å². The maximum Gasteiger partial charge on any atom is 0.237 e. The summed E-state index contributed by atoms with van der Waals surface area (Å²) in [6.45, 7) is 4.40. The van der Waals surface area contributed by atoms with Crippen LogP contribution in [0, 0.1) is 0 Å². The third kappa shape index (κ3) is 3.68. The Bertz CT molecular complexity index is 832. The number of benzene rings is 1. The zero-order chi connectivity index (χ0) is 16.9. The molecule has 0 bridgehead atoms. The van der Waals surface area contributed by atoms with Crippen LogP contribution >= 0.6 is 11.8 Å². The van der Waals surface area contributed by atoms with Crippen molar-refractivity contribution >= 4 is 29.0 Å². The van der Waals surface area contributed by atoms with Crippen molar-refractivity contribution in [3.63, 3.8) is 0 Å². The summed E-state index contributed by atoms with van der Waals surface area (Å²) < 4.78 is 7.26. The number of ether oxygens (including phenoxy) is 1. The monoisotopic (exact) mass is 342 g/mol. The number of thioether (sulfide) groups is 1. The summed E-state index contributed by atoms with van der Waals surface area (Å²) >= 11 is 1.37. The van der Waals surface area contributed by atoms with E-state index in [0.717, 1.165) is 17.1 Å². The summed E-state index contributed by atoms with van der Waals surface area (Å²) in [6, 6.07) is 13.0. The standard InChI is InChI=1S/C17H18N4O2S/c1-3-23-14-9-7-13(8-10-14)18-16(22)12(2)24-17-20-19-15-6-4-5-11-21(15)17/h4-12H,3H2,1-2H3,(H,18,22)/t12-/m1/s1. The lowest BCUT2D eigenvalue weighted by Gasteiger charge is -2.11. The van der Waals surface area contributed by atoms with Crippen molar-refractivity contribution in [1.82, 2.24) is 14.6 Å². The summed E-state index contributed by atoms with van der Waals surface area (Å²) in [4.78, 5) is 12.4. The molecule has 1 amide bonds. The summed E-state index contributed by atoms with van der Waals surface area (Å²) in [5.41, 5.74) is 1.50. The fourth-order valence-corrected chi connectivity index (χ4v) is 2.99. The average molecular weight is 342 g/mol. The number of pyridine rings is 1. The smallest absolute Gasteiger partial charge is 0.237 e. The molecule has 0 fully saturated rings. The molecule has 0 radical (unpaired) electrons. The van der Waals surface area contributed by atoms with Gasteiger partial charge in [-0.2, -0.15) is 0 Å². The molecule has 1 N–H and O–H groups in total. The Hall–Kier alpha value is -2.54. The lowest BCUT2D eigenvalue weighted by atomic mass is 10.3. The van der Waals surface area contributed by atoms with Crippen LogP contribution in [0.4, 0.5) is 5.69 Å². The van der Waals surface area contributed by atoms with E-state index in [4.69, 9.17) is 4.74 Å². The minimum atomic E-state index is -0.302. The van der Waals surface area contributed by atoms with Crippen molar-refractivity contribution in [2.24, 2.45) is 0 Å². The van der Waals surface area contributed by atoms with E-state index >= 15 is 0 Å². The Morgan fingerprint density at radius 1 is 1.25 bits per heavy atom. The van der Waals surface area contributed by atoms with Crippen LogP contribution in [-0.4, -0.2) is 32.4 Å². The van der Waals surface area contributed by atoms with Gasteiger partial charge in [0.2, 0.25) is 5.91 Å². The van der Waals surface area contributed by atoms with Crippen LogP contribution in [-0.2, 0) is 4.79 Å². The van der Waals surface area contributed by atoms with E-state index in [1.807, 2.05) is 66.9 Å². The Morgan fingerprint density at radius 2 is 2.04 bits per heavy atom. The Morgan fingerprint density at radius 3 is 2.79 bits per heavy atom. The van der Waals surface area contributed by atoms with Crippen molar-refractivity contribution in [2.45, 2.75) is 24.3 Å². The van der Waals surface area contributed by atoms with E-state index in [9.17, 15) is 4.79 Å². The van der Waals surface area contributed by atoms with Gasteiger partial charge in [0.05, 0.1) is 11.9 Å². The molecule has 2 heterocycles. The van der Waals surface area contributed by atoms with E-state index in [-0.39, 0.29) is 11.2 Å². The van der Waals surface area contributed by atoms with Gasteiger partial charge in [-0.3, -0.25) is 9.20 Å². The first-order valence-corrected chi connectivity index (χ1v) is 8.55. The number of carbonyl (C=O) groups excluding carboxylic acids is 1. The fourth-order valence-electron chi connectivity index (χ4n) is 2.16. The highest BCUT2D eigenvalue weighted by atomic mass is 32.2.